The Balaban J connectivity index is 2.50. The zero-order chi connectivity index (χ0) is 15.9. The highest BCUT2D eigenvalue weighted by atomic mass is 35.5. The summed E-state index contributed by atoms with van der Waals surface area (Å²) in [7, 11) is 0.324. The number of rotatable bonds is 9. The Hall–Kier alpha value is -0.700. The molecule has 1 rings (SSSR count). The fraction of sp³-hybridized carbons (Fsp3) is 0.538. The molecule has 1 aromatic rings. The van der Waals surface area contributed by atoms with Crippen LogP contribution in [-0.4, -0.2) is 53.7 Å². The first-order valence-corrected chi connectivity index (χ1v) is 8.43. The summed E-state index contributed by atoms with van der Waals surface area (Å²) in [5.74, 6) is 0. The zero-order valence-electron chi connectivity index (χ0n) is 12.3. The molecule has 0 fully saturated rings. The second-order valence-electron chi connectivity index (χ2n) is 4.77. The maximum atomic E-state index is 12.1. The van der Waals surface area contributed by atoms with Crippen LogP contribution in [0.5, 0.6) is 0 Å². The van der Waals surface area contributed by atoms with E-state index >= 15 is 0 Å². The summed E-state index contributed by atoms with van der Waals surface area (Å²) < 4.78 is 32.0. The smallest absolute Gasteiger partial charge is 0.240 e. The van der Waals surface area contributed by atoms with Gasteiger partial charge in [-0.15, -0.1) is 0 Å². The van der Waals surface area contributed by atoms with Crippen LogP contribution < -0.4 is 10.5 Å². The van der Waals surface area contributed by atoms with Crippen molar-refractivity contribution in [1.82, 2.24) is 9.62 Å². The number of nitrogens with two attached hydrogens (primary N) is 1. The van der Waals surface area contributed by atoms with Gasteiger partial charge in [-0.3, -0.25) is 0 Å². The second kappa shape index (κ2) is 8.67. The number of nitrogens with one attached hydrogen (secondary N) is 1. The van der Waals surface area contributed by atoms with Gasteiger partial charge in [0.1, 0.15) is 0 Å². The van der Waals surface area contributed by atoms with Crippen LogP contribution in [-0.2, 0) is 21.3 Å². The van der Waals surface area contributed by atoms with Gasteiger partial charge in [0.15, 0.2) is 0 Å². The molecule has 0 saturated heterocycles. The van der Waals surface area contributed by atoms with Crippen LogP contribution in [0.2, 0.25) is 5.02 Å². The van der Waals surface area contributed by atoms with Crippen molar-refractivity contribution in [3.05, 3.63) is 28.8 Å². The highest BCUT2D eigenvalue weighted by Crippen LogP contribution is 2.19. The zero-order valence-corrected chi connectivity index (χ0v) is 13.9. The molecule has 0 aliphatic heterocycles. The highest BCUT2D eigenvalue weighted by Gasteiger charge is 2.14. The number of halogens is 1. The fourth-order valence-corrected chi connectivity index (χ4v) is 2.81. The minimum atomic E-state index is -3.57. The van der Waals surface area contributed by atoms with Crippen molar-refractivity contribution in [1.29, 1.82) is 0 Å². The van der Waals surface area contributed by atoms with Crippen LogP contribution in [0.3, 0.4) is 0 Å². The number of sulfonamides is 1. The molecule has 120 valence electrons. The van der Waals surface area contributed by atoms with Crippen molar-refractivity contribution in [2.45, 2.75) is 11.4 Å². The van der Waals surface area contributed by atoms with Crippen LogP contribution in [0.4, 0.5) is 0 Å². The van der Waals surface area contributed by atoms with E-state index in [9.17, 15) is 8.42 Å². The molecule has 8 heteroatoms. The molecule has 3 N–H and O–H groups in total. The number of nitrogens with zero attached hydrogens (tertiary/aromatic N) is 1. The maximum Gasteiger partial charge on any atom is 0.240 e. The predicted molar refractivity (Wildman–Crippen MR) is 83.9 cm³/mol. The largest absolute Gasteiger partial charge is 0.379 e. The van der Waals surface area contributed by atoms with Gasteiger partial charge >= 0.3 is 0 Å². The Morgan fingerprint density at radius 3 is 2.67 bits per heavy atom. The highest BCUT2D eigenvalue weighted by molar-refractivity contribution is 7.89. The van der Waals surface area contributed by atoms with Crippen molar-refractivity contribution in [2.75, 3.05) is 40.4 Å². The Morgan fingerprint density at radius 1 is 1.33 bits per heavy atom. The molecule has 21 heavy (non-hydrogen) atoms. The van der Waals surface area contributed by atoms with Crippen LogP contribution in [0, 0.1) is 0 Å². The van der Waals surface area contributed by atoms with Gasteiger partial charge < -0.3 is 15.4 Å². The average molecular weight is 336 g/mol. The number of hydrogen-bond donors (Lipinski definition) is 2. The Labute approximate surface area is 131 Å². The van der Waals surface area contributed by atoms with Crippen LogP contribution in [0.25, 0.3) is 0 Å². The first-order chi connectivity index (χ1) is 9.86. The van der Waals surface area contributed by atoms with E-state index in [0.29, 0.717) is 23.8 Å². The minimum Gasteiger partial charge on any atom is -0.379 e. The van der Waals surface area contributed by atoms with Gasteiger partial charge in [0.25, 0.3) is 0 Å². The predicted octanol–water partition coefficient (Wildman–Crippen LogP) is 0.655. The Bertz CT molecular complexity index is 550. The summed E-state index contributed by atoms with van der Waals surface area (Å²) in [6.45, 7) is 2.09. The Kier molecular flexibility index (Phi) is 7.58. The molecule has 0 aromatic heterocycles. The van der Waals surface area contributed by atoms with Crippen molar-refractivity contribution in [3.63, 3.8) is 0 Å². The van der Waals surface area contributed by atoms with Crippen molar-refractivity contribution >= 4 is 21.6 Å². The normalized spacial score (nSPS) is 12.0. The van der Waals surface area contributed by atoms with Crippen molar-refractivity contribution in [3.8, 4) is 0 Å². The lowest BCUT2D eigenvalue weighted by atomic mass is 10.2. The summed E-state index contributed by atoms with van der Waals surface area (Å²) in [5, 5.41) is 0.462. The minimum absolute atomic E-state index is 0.153. The third-order valence-electron chi connectivity index (χ3n) is 2.77. The summed E-state index contributed by atoms with van der Waals surface area (Å²) in [6, 6.07) is 4.47. The SMILES string of the molecule is CN(C)CCOCCNS(=O)(=O)c1ccc(Cl)c(CN)c1. The summed E-state index contributed by atoms with van der Waals surface area (Å²) in [4.78, 5) is 2.15. The molecule has 1 aromatic carbocycles. The summed E-state index contributed by atoms with van der Waals surface area (Å²) in [6.07, 6.45) is 0. The topological polar surface area (TPSA) is 84.7 Å². The van der Waals surface area contributed by atoms with Gasteiger partial charge in [0, 0.05) is 24.7 Å². The Morgan fingerprint density at radius 2 is 2.05 bits per heavy atom. The van der Waals surface area contributed by atoms with Gasteiger partial charge in [0.05, 0.1) is 18.1 Å². The molecule has 0 heterocycles. The fourth-order valence-electron chi connectivity index (χ4n) is 1.56. The molecule has 0 aliphatic rings. The molecule has 0 radical (unpaired) electrons. The van der Waals surface area contributed by atoms with Crippen LogP contribution in [0.15, 0.2) is 23.1 Å². The van der Waals surface area contributed by atoms with Crippen molar-refractivity contribution < 1.29 is 13.2 Å². The van der Waals surface area contributed by atoms with E-state index in [1.165, 1.54) is 18.2 Å². The lowest BCUT2D eigenvalue weighted by Gasteiger charge is -2.11. The standard InChI is InChI=1S/C13H22ClN3O3S/c1-17(2)6-8-20-7-5-16-21(18,19)12-3-4-13(14)11(9-12)10-15/h3-4,9,16H,5-8,10,15H2,1-2H3. The first kappa shape index (κ1) is 18.3. The average Bonchev–Trinajstić information content (AvgIpc) is 2.42. The van der Waals surface area contributed by atoms with Gasteiger partial charge in [0.2, 0.25) is 10.0 Å². The summed E-state index contributed by atoms with van der Waals surface area (Å²) >= 11 is 5.91. The monoisotopic (exact) mass is 335 g/mol. The van der Waals surface area contributed by atoms with E-state index in [4.69, 9.17) is 22.1 Å². The molecule has 0 spiro atoms. The molecule has 0 unspecified atom stereocenters. The number of hydrogen-bond acceptors (Lipinski definition) is 5. The van der Waals surface area contributed by atoms with Gasteiger partial charge in [-0.05, 0) is 37.9 Å². The van der Waals surface area contributed by atoms with E-state index in [2.05, 4.69) is 4.72 Å². The molecular formula is C13H22ClN3O3S. The second-order valence-corrected chi connectivity index (χ2v) is 6.94. The quantitative estimate of drug-likeness (QED) is 0.647. The number of benzene rings is 1. The molecule has 0 aliphatic carbocycles. The van der Waals surface area contributed by atoms with E-state index in [1.54, 1.807) is 0 Å². The van der Waals surface area contributed by atoms with Crippen LogP contribution in [0.1, 0.15) is 5.56 Å². The number of ether oxygens (including phenoxy) is 1. The summed E-state index contributed by atoms with van der Waals surface area (Å²) in [5.41, 5.74) is 6.12. The molecule has 0 atom stereocenters. The molecule has 0 amide bonds. The molecule has 6 nitrogen and oxygen atoms in total. The lowest BCUT2D eigenvalue weighted by Crippen LogP contribution is -2.28. The maximum absolute atomic E-state index is 12.1. The third-order valence-corrected chi connectivity index (χ3v) is 4.60. The molecular weight excluding hydrogens is 314 g/mol. The van der Waals surface area contributed by atoms with E-state index < -0.39 is 10.0 Å². The van der Waals surface area contributed by atoms with Gasteiger partial charge in [-0.25, -0.2) is 13.1 Å². The van der Waals surface area contributed by atoms with Crippen molar-refractivity contribution in [2.24, 2.45) is 5.73 Å². The molecule has 0 bridgehead atoms. The third kappa shape index (κ3) is 6.29. The number of likely N-dealkylation sites (N-methyl/N-ethyl adjacent to an activating group) is 1. The van der Waals surface area contributed by atoms with E-state index in [0.717, 1.165) is 6.54 Å². The van der Waals surface area contributed by atoms with E-state index in [1.807, 2.05) is 19.0 Å². The van der Waals surface area contributed by atoms with Gasteiger partial charge in [-0.2, -0.15) is 0 Å². The van der Waals surface area contributed by atoms with E-state index in [-0.39, 0.29) is 18.0 Å². The lowest BCUT2D eigenvalue weighted by molar-refractivity contribution is 0.122. The van der Waals surface area contributed by atoms with Gasteiger partial charge in [-0.1, -0.05) is 11.6 Å². The molecule has 0 saturated carbocycles. The van der Waals surface area contributed by atoms with Crippen LogP contribution >= 0.6 is 11.6 Å². The first-order valence-electron chi connectivity index (χ1n) is 6.57.